The van der Waals surface area contributed by atoms with E-state index in [1.807, 2.05) is 54.6 Å². The zero-order valence-electron chi connectivity index (χ0n) is 8.81. The molecule has 2 aromatic carbocycles. The first-order valence-corrected chi connectivity index (χ1v) is 14.7. The van der Waals surface area contributed by atoms with Crippen LogP contribution in [0.25, 0.3) is 0 Å². The first-order valence-electron chi connectivity index (χ1n) is 5.00. The maximum absolute atomic E-state index is 12.1. The van der Waals surface area contributed by atoms with Crippen molar-refractivity contribution in [2.45, 2.75) is 0 Å². The summed E-state index contributed by atoms with van der Waals surface area (Å²) >= 11 is 7.13. The summed E-state index contributed by atoms with van der Waals surface area (Å²) in [5.41, 5.74) is 1.46. The van der Waals surface area contributed by atoms with Crippen LogP contribution in [0.3, 0.4) is 0 Å². The first kappa shape index (κ1) is 13.1. The summed E-state index contributed by atoms with van der Waals surface area (Å²) in [6.07, 6.45) is 0. The predicted octanol–water partition coefficient (Wildman–Crippen LogP) is 3.40. The van der Waals surface area contributed by atoms with Crippen LogP contribution in [0.1, 0.15) is 15.9 Å². The Labute approximate surface area is 119 Å². The normalized spacial score (nSPS) is 10.5. The summed E-state index contributed by atoms with van der Waals surface area (Å²) in [7, 11) is -1.20. The number of hydrogen-bond donors (Lipinski definition) is 0. The average molecular weight is 416 g/mol. The quantitative estimate of drug-likeness (QED) is 0.554. The van der Waals surface area contributed by atoms with E-state index in [-0.39, 0.29) is 5.78 Å². The predicted molar refractivity (Wildman–Crippen MR) is 79.6 cm³/mol. The first-order chi connectivity index (χ1) is 8.18. The van der Waals surface area contributed by atoms with Gasteiger partial charge in [0.1, 0.15) is 0 Å². The maximum atomic E-state index is 12.1. The van der Waals surface area contributed by atoms with Crippen molar-refractivity contribution in [3.8, 4) is 0 Å². The van der Waals surface area contributed by atoms with Gasteiger partial charge in [-0.1, -0.05) is 0 Å². The molecule has 0 aromatic heterocycles. The molecule has 0 atom stereocenters. The average Bonchev–Trinajstić information content (AvgIpc) is 2.39. The summed E-state index contributed by atoms with van der Waals surface area (Å²) in [5, 5.41) is 0. The molecule has 2 rings (SSSR count). The molecule has 0 saturated carbocycles. The molecular weight excluding hydrogens is 407 g/mol. The van der Waals surface area contributed by atoms with Crippen molar-refractivity contribution >= 4 is 48.9 Å². The van der Waals surface area contributed by atoms with E-state index in [1.54, 1.807) is 0 Å². The van der Waals surface area contributed by atoms with Gasteiger partial charge >= 0.3 is 119 Å². The van der Waals surface area contributed by atoms with E-state index in [2.05, 4.69) is 27.9 Å². The Morgan fingerprint density at radius 1 is 0.824 bits per heavy atom. The van der Waals surface area contributed by atoms with Crippen LogP contribution in [0.5, 0.6) is 0 Å². The molecular formula is C13H9AsBr2O. The van der Waals surface area contributed by atoms with Crippen LogP contribution in [0, 0.1) is 0 Å². The third kappa shape index (κ3) is 3.31. The van der Waals surface area contributed by atoms with Gasteiger partial charge in [-0.3, -0.25) is 0 Å². The van der Waals surface area contributed by atoms with Crippen molar-refractivity contribution in [1.29, 1.82) is 0 Å². The second-order valence-electron chi connectivity index (χ2n) is 3.47. The summed E-state index contributed by atoms with van der Waals surface area (Å²) in [6, 6.07) is 17.1. The Morgan fingerprint density at radius 3 is 1.88 bits per heavy atom. The molecule has 0 aliphatic rings. The number of ketones is 1. The molecule has 0 radical (unpaired) electrons. The molecule has 4 heteroatoms. The van der Waals surface area contributed by atoms with Crippen LogP contribution in [-0.4, -0.2) is 16.7 Å². The molecule has 0 saturated heterocycles. The van der Waals surface area contributed by atoms with Gasteiger partial charge < -0.3 is 0 Å². The van der Waals surface area contributed by atoms with Crippen LogP contribution < -0.4 is 4.35 Å². The van der Waals surface area contributed by atoms with Crippen LogP contribution in [0.2, 0.25) is 0 Å². The Kier molecular flexibility index (Phi) is 4.61. The molecule has 2 aromatic rings. The molecule has 1 nitrogen and oxygen atoms in total. The van der Waals surface area contributed by atoms with Crippen molar-refractivity contribution in [3.63, 3.8) is 0 Å². The van der Waals surface area contributed by atoms with E-state index in [0.717, 1.165) is 11.1 Å². The second kappa shape index (κ2) is 5.99. The fraction of sp³-hybridized carbons (Fsp3) is 0. The van der Waals surface area contributed by atoms with Gasteiger partial charge in [0.05, 0.1) is 0 Å². The van der Waals surface area contributed by atoms with Crippen LogP contribution >= 0.6 is 27.9 Å². The molecule has 0 amide bonds. The SMILES string of the molecule is O=C(c1ccccc1)c1ccc([As](Br)Br)cc1. The molecule has 0 aliphatic heterocycles. The summed E-state index contributed by atoms with van der Waals surface area (Å²) < 4.78 is 1.24. The van der Waals surface area contributed by atoms with Crippen LogP contribution in [-0.2, 0) is 0 Å². The van der Waals surface area contributed by atoms with Crippen molar-refractivity contribution in [2.24, 2.45) is 0 Å². The molecule has 0 spiro atoms. The second-order valence-corrected chi connectivity index (χ2v) is 17.9. The van der Waals surface area contributed by atoms with Gasteiger partial charge in [-0.05, 0) is 0 Å². The summed E-state index contributed by atoms with van der Waals surface area (Å²) in [6.45, 7) is 0. The van der Waals surface area contributed by atoms with Crippen molar-refractivity contribution in [2.75, 3.05) is 0 Å². The fourth-order valence-electron chi connectivity index (χ4n) is 1.48. The molecule has 86 valence electrons. The van der Waals surface area contributed by atoms with Crippen molar-refractivity contribution in [3.05, 3.63) is 65.7 Å². The molecule has 0 unspecified atom stereocenters. The summed E-state index contributed by atoms with van der Waals surface area (Å²) in [4.78, 5) is 12.1. The summed E-state index contributed by atoms with van der Waals surface area (Å²) in [5.74, 6) is 0.0698. The van der Waals surface area contributed by atoms with Gasteiger partial charge in [-0.25, -0.2) is 0 Å². The van der Waals surface area contributed by atoms with E-state index in [4.69, 9.17) is 0 Å². The van der Waals surface area contributed by atoms with Gasteiger partial charge in [-0.2, -0.15) is 0 Å². The van der Waals surface area contributed by atoms with E-state index in [9.17, 15) is 4.79 Å². The zero-order chi connectivity index (χ0) is 12.3. The Hall–Kier alpha value is -0.372. The van der Waals surface area contributed by atoms with E-state index in [1.165, 1.54) is 4.35 Å². The number of hydrogen-bond acceptors (Lipinski definition) is 1. The Balaban J connectivity index is 2.27. The van der Waals surface area contributed by atoms with Crippen molar-refractivity contribution in [1.82, 2.24) is 0 Å². The van der Waals surface area contributed by atoms with Gasteiger partial charge in [-0.15, -0.1) is 0 Å². The molecule has 0 bridgehead atoms. The molecule has 0 aliphatic carbocycles. The third-order valence-electron chi connectivity index (χ3n) is 2.36. The topological polar surface area (TPSA) is 17.1 Å². The van der Waals surface area contributed by atoms with Crippen molar-refractivity contribution < 1.29 is 4.79 Å². The zero-order valence-corrected chi connectivity index (χ0v) is 13.9. The standard InChI is InChI=1S/C13H9AsBr2O/c15-14(16)12-8-6-11(7-9-12)13(17)10-4-2-1-3-5-10/h1-9H. The molecule has 0 heterocycles. The van der Waals surface area contributed by atoms with Gasteiger partial charge in [0.25, 0.3) is 0 Å². The third-order valence-corrected chi connectivity index (χ3v) is 8.06. The van der Waals surface area contributed by atoms with Gasteiger partial charge in [0.15, 0.2) is 0 Å². The number of benzene rings is 2. The minimum absolute atomic E-state index is 0.0698. The van der Waals surface area contributed by atoms with Gasteiger partial charge in [0, 0.05) is 0 Å². The van der Waals surface area contributed by atoms with E-state index in [0.29, 0.717) is 0 Å². The fourth-order valence-corrected chi connectivity index (χ4v) is 4.72. The van der Waals surface area contributed by atoms with E-state index < -0.39 is 10.9 Å². The van der Waals surface area contributed by atoms with Gasteiger partial charge in [0.2, 0.25) is 0 Å². The number of halogens is 2. The minimum atomic E-state index is -1.20. The Morgan fingerprint density at radius 2 is 1.35 bits per heavy atom. The van der Waals surface area contributed by atoms with Crippen LogP contribution in [0.4, 0.5) is 0 Å². The van der Waals surface area contributed by atoms with Crippen LogP contribution in [0.15, 0.2) is 54.6 Å². The Bertz CT molecular complexity index is 509. The number of rotatable bonds is 3. The molecule has 0 N–H and O–H groups in total. The monoisotopic (exact) mass is 414 g/mol. The number of carbonyl (C=O) groups is 1. The number of carbonyl (C=O) groups excluding carboxylic acids is 1. The van der Waals surface area contributed by atoms with E-state index >= 15 is 0 Å². The molecule has 0 fully saturated rings. The molecule has 17 heavy (non-hydrogen) atoms.